The molecule has 96 valence electrons. The van der Waals surface area contributed by atoms with E-state index in [1.165, 1.54) is 0 Å². The zero-order valence-electron chi connectivity index (χ0n) is 10.2. The van der Waals surface area contributed by atoms with Gasteiger partial charge in [0, 0.05) is 51.7 Å². The van der Waals surface area contributed by atoms with Crippen molar-refractivity contribution in [2.24, 2.45) is 0 Å². The molecule has 1 heterocycles. The number of methoxy groups -OCH3 is 1. The number of morpholine rings is 1. The second-order valence-electron chi connectivity index (χ2n) is 3.98. The first kappa shape index (κ1) is 14.4. The maximum absolute atomic E-state index is 5.34. The first-order valence-electron chi connectivity index (χ1n) is 5.94. The average Bonchev–Trinajstić information content (AvgIpc) is 2.34. The first-order chi connectivity index (χ1) is 7.86. The van der Waals surface area contributed by atoms with E-state index in [0.717, 1.165) is 64.4 Å². The number of nitrogens with zero attached hydrogens (tertiary/aromatic N) is 2. The minimum absolute atomic E-state index is 0.816. The molecule has 0 bridgehead atoms. The summed E-state index contributed by atoms with van der Waals surface area (Å²) in [5.74, 6) is 0. The highest BCUT2D eigenvalue weighted by molar-refractivity contribution is 9.09. The Morgan fingerprint density at radius 1 is 1.25 bits per heavy atom. The van der Waals surface area contributed by atoms with E-state index in [-0.39, 0.29) is 0 Å². The second-order valence-corrected chi connectivity index (χ2v) is 4.77. The van der Waals surface area contributed by atoms with Gasteiger partial charge in [-0.05, 0) is 0 Å². The lowest BCUT2D eigenvalue weighted by Gasteiger charge is -2.29. The predicted molar refractivity (Wildman–Crippen MR) is 69.4 cm³/mol. The highest BCUT2D eigenvalue weighted by Gasteiger charge is 2.11. The Bertz CT molecular complexity index is 166. The lowest BCUT2D eigenvalue weighted by atomic mass is 10.4. The van der Waals surface area contributed by atoms with E-state index in [9.17, 15) is 0 Å². The van der Waals surface area contributed by atoms with Gasteiger partial charge >= 0.3 is 0 Å². The molecule has 0 spiro atoms. The molecular formula is C11H23BrN2O2. The summed E-state index contributed by atoms with van der Waals surface area (Å²) in [6.07, 6.45) is 0. The van der Waals surface area contributed by atoms with Crippen LogP contribution in [0.15, 0.2) is 0 Å². The molecule has 1 saturated heterocycles. The highest BCUT2D eigenvalue weighted by atomic mass is 79.9. The molecular weight excluding hydrogens is 272 g/mol. The standard InChI is InChI=1S/C11H23BrN2O2/c1-15-9-6-13(3-2-12)4-5-14-7-10-16-11-8-14/h2-11H2,1H3. The van der Waals surface area contributed by atoms with Crippen LogP contribution >= 0.6 is 15.9 Å². The van der Waals surface area contributed by atoms with Crippen LogP contribution in [0.25, 0.3) is 0 Å². The van der Waals surface area contributed by atoms with Crippen LogP contribution in [-0.4, -0.2) is 81.3 Å². The van der Waals surface area contributed by atoms with E-state index in [4.69, 9.17) is 9.47 Å². The van der Waals surface area contributed by atoms with Crippen molar-refractivity contribution in [2.75, 3.05) is 71.5 Å². The zero-order chi connectivity index (χ0) is 11.6. The molecule has 1 fully saturated rings. The fourth-order valence-electron chi connectivity index (χ4n) is 1.78. The summed E-state index contributed by atoms with van der Waals surface area (Å²) in [5, 5.41) is 1.03. The van der Waals surface area contributed by atoms with Crippen molar-refractivity contribution in [2.45, 2.75) is 0 Å². The Morgan fingerprint density at radius 2 is 2.00 bits per heavy atom. The smallest absolute Gasteiger partial charge is 0.0594 e. The van der Waals surface area contributed by atoms with Crippen LogP contribution in [0.4, 0.5) is 0 Å². The van der Waals surface area contributed by atoms with E-state index >= 15 is 0 Å². The number of halogens is 1. The zero-order valence-corrected chi connectivity index (χ0v) is 11.7. The third kappa shape index (κ3) is 6.15. The Kier molecular flexibility index (Phi) is 8.41. The van der Waals surface area contributed by atoms with Gasteiger partial charge in [-0.1, -0.05) is 15.9 Å². The molecule has 1 rings (SSSR count). The molecule has 0 N–H and O–H groups in total. The third-order valence-corrected chi connectivity index (χ3v) is 3.20. The van der Waals surface area contributed by atoms with E-state index in [2.05, 4.69) is 25.7 Å². The number of ether oxygens (including phenoxy) is 2. The molecule has 0 atom stereocenters. The lowest BCUT2D eigenvalue weighted by Crippen LogP contribution is -2.42. The molecule has 1 aliphatic heterocycles. The van der Waals surface area contributed by atoms with Crippen LogP contribution < -0.4 is 0 Å². The molecule has 0 radical (unpaired) electrons. The van der Waals surface area contributed by atoms with Crippen LogP contribution in [0.3, 0.4) is 0 Å². The van der Waals surface area contributed by atoms with E-state index in [0.29, 0.717) is 0 Å². The van der Waals surface area contributed by atoms with Gasteiger partial charge in [0.2, 0.25) is 0 Å². The number of hydrogen-bond donors (Lipinski definition) is 0. The minimum Gasteiger partial charge on any atom is -0.383 e. The summed E-state index contributed by atoms with van der Waals surface area (Å²) < 4.78 is 10.5. The fourth-order valence-corrected chi connectivity index (χ4v) is 2.28. The molecule has 0 aromatic heterocycles. The van der Waals surface area contributed by atoms with E-state index < -0.39 is 0 Å². The summed E-state index contributed by atoms with van der Waals surface area (Å²) in [7, 11) is 1.76. The third-order valence-electron chi connectivity index (χ3n) is 2.85. The van der Waals surface area contributed by atoms with Gasteiger partial charge in [0.25, 0.3) is 0 Å². The van der Waals surface area contributed by atoms with Crippen molar-refractivity contribution >= 4 is 15.9 Å². The van der Waals surface area contributed by atoms with Crippen molar-refractivity contribution in [1.29, 1.82) is 0 Å². The molecule has 0 aromatic rings. The SMILES string of the molecule is COCCN(CCBr)CCN1CCOCC1. The van der Waals surface area contributed by atoms with Gasteiger partial charge in [-0.3, -0.25) is 9.80 Å². The van der Waals surface area contributed by atoms with Crippen molar-refractivity contribution in [3.63, 3.8) is 0 Å². The molecule has 0 unspecified atom stereocenters. The predicted octanol–water partition coefficient (Wildman–Crippen LogP) is 0.662. The quantitative estimate of drug-likeness (QED) is 0.614. The molecule has 0 saturated carbocycles. The van der Waals surface area contributed by atoms with Crippen LogP contribution in [0.1, 0.15) is 0 Å². The highest BCUT2D eigenvalue weighted by Crippen LogP contribution is 1.98. The maximum Gasteiger partial charge on any atom is 0.0594 e. The van der Waals surface area contributed by atoms with E-state index in [1.807, 2.05) is 0 Å². The number of rotatable bonds is 8. The van der Waals surface area contributed by atoms with Crippen molar-refractivity contribution in [3.05, 3.63) is 0 Å². The van der Waals surface area contributed by atoms with Gasteiger partial charge in [0.05, 0.1) is 19.8 Å². The Balaban J connectivity index is 2.14. The lowest BCUT2D eigenvalue weighted by molar-refractivity contribution is 0.0323. The number of hydrogen-bond acceptors (Lipinski definition) is 4. The van der Waals surface area contributed by atoms with Gasteiger partial charge in [-0.25, -0.2) is 0 Å². The van der Waals surface area contributed by atoms with Gasteiger partial charge < -0.3 is 9.47 Å². The second kappa shape index (κ2) is 9.36. The van der Waals surface area contributed by atoms with Crippen LogP contribution in [-0.2, 0) is 9.47 Å². The fraction of sp³-hybridized carbons (Fsp3) is 1.00. The Labute approximate surface area is 107 Å². The summed E-state index contributed by atoms with van der Waals surface area (Å²) in [6.45, 7) is 9.11. The van der Waals surface area contributed by atoms with E-state index in [1.54, 1.807) is 7.11 Å². The Morgan fingerprint density at radius 3 is 2.62 bits per heavy atom. The van der Waals surface area contributed by atoms with Gasteiger partial charge in [0.15, 0.2) is 0 Å². The van der Waals surface area contributed by atoms with Crippen molar-refractivity contribution in [3.8, 4) is 0 Å². The molecule has 0 aromatic carbocycles. The van der Waals surface area contributed by atoms with Crippen LogP contribution in [0.2, 0.25) is 0 Å². The molecule has 16 heavy (non-hydrogen) atoms. The van der Waals surface area contributed by atoms with Crippen LogP contribution in [0.5, 0.6) is 0 Å². The Hall–Kier alpha value is 0.320. The number of alkyl halides is 1. The summed E-state index contributed by atoms with van der Waals surface area (Å²) in [4.78, 5) is 4.91. The molecule has 1 aliphatic rings. The molecule has 5 heteroatoms. The normalized spacial score (nSPS) is 18.2. The summed E-state index contributed by atoms with van der Waals surface area (Å²) in [5.41, 5.74) is 0. The van der Waals surface area contributed by atoms with Gasteiger partial charge in [-0.2, -0.15) is 0 Å². The average molecular weight is 295 g/mol. The maximum atomic E-state index is 5.34. The molecule has 0 amide bonds. The van der Waals surface area contributed by atoms with Gasteiger partial charge in [0.1, 0.15) is 0 Å². The van der Waals surface area contributed by atoms with Crippen molar-refractivity contribution < 1.29 is 9.47 Å². The minimum atomic E-state index is 0.816. The first-order valence-corrected chi connectivity index (χ1v) is 7.06. The monoisotopic (exact) mass is 294 g/mol. The summed E-state index contributed by atoms with van der Waals surface area (Å²) >= 11 is 3.49. The largest absolute Gasteiger partial charge is 0.383 e. The van der Waals surface area contributed by atoms with Gasteiger partial charge in [-0.15, -0.1) is 0 Å². The molecule has 0 aliphatic carbocycles. The van der Waals surface area contributed by atoms with Crippen molar-refractivity contribution in [1.82, 2.24) is 9.80 Å². The molecule has 4 nitrogen and oxygen atoms in total. The van der Waals surface area contributed by atoms with Crippen LogP contribution in [0, 0.1) is 0 Å². The summed E-state index contributed by atoms with van der Waals surface area (Å²) in [6, 6.07) is 0. The topological polar surface area (TPSA) is 24.9 Å².